The van der Waals surface area contributed by atoms with Gasteiger partial charge in [-0.1, -0.05) is 116 Å². The predicted octanol–water partition coefficient (Wildman–Crippen LogP) is -2.10. The molecule has 5 rings (SSSR count). The van der Waals surface area contributed by atoms with Gasteiger partial charge in [0.05, 0.1) is 37.2 Å². The maximum Gasteiger partial charge on any atom is 0.261 e. The van der Waals surface area contributed by atoms with Gasteiger partial charge in [0.25, 0.3) is 5.91 Å². The molecule has 0 bridgehead atoms. The Morgan fingerprint density at radius 1 is 0.485 bits per heavy atom. The van der Waals surface area contributed by atoms with Crippen LogP contribution in [0.2, 0.25) is 0 Å². The van der Waals surface area contributed by atoms with E-state index in [1.165, 1.54) is 6.92 Å². The highest BCUT2D eigenvalue weighted by Crippen LogP contribution is 2.20. The molecule has 0 saturated carbocycles. The van der Waals surface area contributed by atoms with Gasteiger partial charge >= 0.3 is 0 Å². The molecule has 11 atom stereocenters. The van der Waals surface area contributed by atoms with Crippen LogP contribution in [-0.4, -0.2) is 200 Å². The number of aromatic nitrogens is 1. The van der Waals surface area contributed by atoms with E-state index in [1.807, 2.05) is 0 Å². The fourth-order valence-electron chi connectivity index (χ4n) is 10.5. The molecule has 0 saturated heterocycles. The number of fused-ring (bicyclic) bond motifs is 1. The average Bonchev–Trinajstić information content (AvgIpc) is 1.74. The van der Waals surface area contributed by atoms with Crippen molar-refractivity contribution in [1.82, 2.24) is 57.7 Å². The van der Waals surface area contributed by atoms with E-state index in [-0.39, 0.29) is 62.1 Å². The van der Waals surface area contributed by atoms with Crippen LogP contribution in [0.3, 0.4) is 0 Å². The number of H-pyrrole nitrogens is 1. The summed E-state index contributed by atoms with van der Waals surface area (Å²) in [6.45, 7) is 1.18. The van der Waals surface area contributed by atoms with Crippen molar-refractivity contribution in [2.75, 3.05) is 37.7 Å². The standard InChI is InChI=1S/C68H92N14O15S2/c1-40(84)58(66(95)78-52(34-44-22-10-5-11-23-44)65(94)81-59(41(2)85)67(96)79-54(38-83)68(97)82(57(88)39-99)56(87)28-31-98)80-61(90)49(27-15-17-30-70)75-64(93)53(35-45-36-72-48-26-13-12-24-46(45)48)77-63(92)51(33-43-20-8-4-9-21-43)76-62(91)50(32-42-18-6-3-7-19-42)74-55(86)37-73-60(89)47(71)25-14-16-29-69/h3-13,18-24,26,36,40-41,47,49-54,58-59,72,83-85,98-99H,14-17,25,27-35,37-39,69-71H2,1-2H3,(H,73,89)(H,74,86)(H,75,93)(H,76,91)(H,77,92)(H,78,95)(H,79,96)(H,80,90)(H,81,94)/t40-,41-,47+,49+,50+,51+,52+,53+,54+,58+,59+/m1/s1. The summed E-state index contributed by atoms with van der Waals surface area (Å²) >= 11 is 7.83. The first-order valence-corrected chi connectivity index (χ1v) is 33.8. The highest BCUT2D eigenvalue weighted by atomic mass is 32.1. The quantitative estimate of drug-likeness (QED) is 0.0147. The molecule has 29 nitrogen and oxygen atoms in total. The average molecular weight is 1410 g/mol. The largest absolute Gasteiger partial charge is 0.394 e. The van der Waals surface area contributed by atoms with Gasteiger partial charge in [0, 0.05) is 49.2 Å². The topological polar surface area (TPSA) is 471 Å². The number of nitrogens with zero attached hydrogens (tertiary/aromatic N) is 1. The number of amides is 12. The van der Waals surface area contributed by atoms with E-state index in [0.29, 0.717) is 65.4 Å². The van der Waals surface area contributed by atoms with Crippen molar-refractivity contribution in [1.29, 1.82) is 0 Å². The number of thiol groups is 2. The number of unbranched alkanes of at least 4 members (excludes halogenated alkanes) is 2. The van der Waals surface area contributed by atoms with E-state index in [4.69, 9.17) is 17.2 Å². The number of nitrogens with two attached hydrogens (primary N) is 3. The molecule has 5 aromatic rings. The molecule has 0 unspecified atom stereocenters. The number of aliphatic hydroxyl groups excluding tert-OH is 3. The zero-order valence-corrected chi connectivity index (χ0v) is 57.0. The Morgan fingerprint density at radius 3 is 1.36 bits per heavy atom. The number of benzene rings is 4. The van der Waals surface area contributed by atoms with E-state index in [1.54, 1.807) is 121 Å². The van der Waals surface area contributed by atoms with Crippen molar-refractivity contribution in [2.24, 2.45) is 17.2 Å². The third-order valence-corrected chi connectivity index (χ3v) is 16.4. The lowest BCUT2D eigenvalue weighted by atomic mass is 10.00. The molecule has 99 heavy (non-hydrogen) atoms. The summed E-state index contributed by atoms with van der Waals surface area (Å²) in [5.41, 5.74) is 20.4. The molecule has 536 valence electrons. The van der Waals surface area contributed by atoms with Crippen molar-refractivity contribution in [3.05, 3.63) is 144 Å². The van der Waals surface area contributed by atoms with Crippen LogP contribution in [0.5, 0.6) is 0 Å². The van der Waals surface area contributed by atoms with E-state index >= 15 is 9.59 Å². The van der Waals surface area contributed by atoms with Crippen LogP contribution in [-0.2, 0) is 83.2 Å². The SMILES string of the molecule is C[C@@H](O)[C@H](NC(=O)[C@H](CCCCN)NC(=O)[C@H](Cc1c[nH]c2ccccc12)NC(=O)[C@H](Cc1ccccc1)NC(=O)[C@H](Cc1ccccc1)NC(=O)CNC(=O)[C@@H](N)CCCCN)C(=O)N[C@@H](Cc1ccccc1)C(=O)N[C@H](C(=O)N[C@@H](CO)C(=O)N(C(=O)CS)C(=O)CCS)[C@@H](C)O. The molecule has 1 aromatic heterocycles. The molecule has 1 heterocycles. The molecule has 0 radical (unpaired) electrons. The maximum absolute atomic E-state index is 15.1. The molecule has 31 heteroatoms. The molecule has 0 fully saturated rings. The van der Waals surface area contributed by atoms with Crippen molar-refractivity contribution < 1.29 is 72.9 Å². The number of carbonyl (C=O) groups is 12. The minimum absolute atomic E-state index is 0.0550. The second kappa shape index (κ2) is 42.0. The molecule has 0 spiro atoms. The van der Waals surface area contributed by atoms with Crippen molar-refractivity contribution in [3.63, 3.8) is 0 Å². The zero-order valence-electron chi connectivity index (χ0n) is 55.2. The number of aromatic amines is 1. The third-order valence-electron chi connectivity index (χ3n) is 15.9. The predicted molar refractivity (Wildman–Crippen MR) is 374 cm³/mol. The minimum atomic E-state index is -1.95. The fraction of sp³-hybridized carbons (Fsp3) is 0.441. The van der Waals surface area contributed by atoms with Crippen LogP contribution in [0.15, 0.2) is 121 Å². The minimum Gasteiger partial charge on any atom is -0.394 e. The summed E-state index contributed by atoms with van der Waals surface area (Å²) in [7, 11) is 0. The first-order chi connectivity index (χ1) is 47.4. The van der Waals surface area contributed by atoms with Gasteiger partial charge in [-0.15, -0.1) is 0 Å². The highest BCUT2D eigenvalue weighted by molar-refractivity contribution is 7.81. The number of hydrogen-bond acceptors (Lipinski definition) is 20. The van der Waals surface area contributed by atoms with Crippen molar-refractivity contribution >= 4 is 107 Å². The van der Waals surface area contributed by atoms with Crippen LogP contribution in [0.4, 0.5) is 0 Å². The van der Waals surface area contributed by atoms with Crippen molar-refractivity contribution in [2.45, 2.75) is 151 Å². The molecular formula is C68H92N14O15S2. The monoisotopic (exact) mass is 1410 g/mol. The smallest absolute Gasteiger partial charge is 0.261 e. The van der Waals surface area contributed by atoms with E-state index in [0.717, 1.165) is 6.92 Å². The molecule has 4 aromatic carbocycles. The summed E-state index contributed by atoms with van der Waals surface area (Å²) in [5.74, 6) is -12.5. The second-order valence-corrected chi connectivity index (χ2v) is 24.4. The van der Waals surface area contributed by atoms with Gasteiger partial charge in [0.2, 0.25) is 65.0 Å². The summed E-state index contributed by atoms with van der Waals surface area (Å²) in [6, 6.07) is 18.6. The van der Waals surface area contributed by atoms with Crippen LogP contribution in [0.1, 0.15) is 81.0 Å². The number of hydrogen-bond donors (Lipinski definition) is 18. The second-order valence-electron chi connectivity index (χ2n) is 23.7. The number of rotatable bonds is 41. The number of nitrogens with one attached hydrogen (secondary N) is 10. The summed E-state index contributed by atoms with van der Waals surface area (Å²) in [6.07, 6.45) is -0.816. The first kappa shape index (κ1) is 80.6. The maximum atomic E-state index is 15.1. The Bertz CT molecular complexity index is 3500. The van der Waals surface area contributed by atoms with Crippen LogP contribution in [0, 0.1) is 0 Å². The molecular weight excluding hydrogens is 1320 g/mol. The summed E-state index contributed by atoms with van der Waals surface area (Å²) in [4.78, 5) is 171. The normalized spacial score (nSPS) is 14.5. The third kappa shape index (κ3) is 25.9. The van der Waals surface area contributed by atoms with Gasteiger partial charge in [-0.25, -0.2) is 4.90 Å². The Balaban J connectivity index is 1.43. The Hall–Kier alpha value is -9.08. The number of imide groups is 3. The number of aliphatic hydroxyl groups is 3. The Morgan fingerprint density at radius 2 is 0.899 bits per heavy atom. The van der Waals surface area contributed by atoms with Gasteiger partial charge in [0.15, 0.2) is 0 Å². The molecule has 19 N–H and O–H groups in total. The van der Waals surface area contributed by atoms with E-state index < -0.39 is 156 Å². The van der Waals surface area contributed by atoms with Gasteiger partial charge in [-0.3, -0.25) is 57.5 Å². The summed E-state index contributed by atoms with van der Waals surface area (Å²) < 4.78 is 0. The highest BCUT2D eigenvalue weighted by Gasteiger charge is 2.39. The molecule has 0 aliphatic carbocycles. The number of carbonyl (C=O) groups excluding carboxylic acids is 12. The van der Waals surface area contributed by atoms with E-state index in [2.05, 4.69) is 78.1 Å². The first-order valence-electron chi connectivity index (χ1n) is 32.5. The lowest BCUT2D eigenvalue weighted by Crippen LogP contribution is -2.63. The molecule has 0 aliphatic rings. The lowest BCUT2D eigenvalue weighted by molar-refractivity contribution is -0.155. The number of para-hydroxylation sites is 1. The van der Waals surface area contributed by atoms with Gasteiger partial charge in [0.1, 0.15) is 48.3 Å². The molecule has 12 amide bonds. The Kier molecular flexibility index (Phi) is 34.2. The fourth-order valence-corrected chi connectivity index (χ4v) is 10.8. The molecule has 0 aliphatic heterocycles. The zero-order chi connectivity index (χ0) is 72.6. The van der Waals surface area contributed by atoms with Gasteiger partial charge in [-0.2, -0.15) is 25.3 Å². The Labute approximate surface area is 584 Å². The van der Waals surface area contributed by atoms with Crippen LogP contribution >= 0.6 is 25.3 Å². The van der Waals surface area contributed by atoms with Crippen LogP contribution < -0.4 is 65.1 Å². The van der Waals surface area contributed by atoms with E-state index in [9.17, 15) is 63.3 Å². The van der Waals surface area contributed by atoms with Gasteiger partial charge in [-0.05, 0) is 93.1 Å². The van der Waals surface area contributed by atoms with Crippen molar-refractivity contribution in [3.8, 4) is 0 Å². The summed E-state index contributed by atoms with van der Waals surface area (Å²) in [5, 5.41) is 56.0. The lowest BCUT2D eigenvalue weighted by Gasteiger charge is -2.29. The van der Waals surface area contributed by atoms with Gasteiger partial charge < -0.3 is 85.4 Å². The van der Waals surface area contributed by atoms with Crippen LogP contribution in [0.25, 0.3) is 10.9 Å².